The van der Waals surface area contributed by atoms with Crippen molar-refractivity contribution in [3.05, 3.63) is 47.3 Å². The van der Waals surface area contributed by atoms with Crippen molar-refractivity contribution in [2.75, 3.05) is 6.54 Å². The normalized spacial score (nSPS) is 14.5. The van der Waals surface area contributed by atoms with Crippen molar-refractivity contribution in [2.45, 2.75) is 45.2 Å². The third kappa shape index (κ3) is 3.43. The molecule has 0 radical (unpaired) electrons. The molecule has 0 amide bonds. The van der Waals surface area contributed by atoms with Crippen molar-refractivity contribution in [2.24, 2.45) is 5.73 Å². The lowest BCUT2D eigenvalue weighted by molar-refractivity contribution is -0.139. The number of aromatic nitrogens is 3. The van der Waals surface area contributed by atoms with Crippen molar-refractivity contribution in [3.8, 4) is 11.1 Å². The maximum absolute atomic E-state index is 13.4. The molecule has 0 saturated heterocycles. The first-order valence-corrected chi connectivity index (χ1v) is 8.98. The lowest BCUT2D eigenvalue weighted by Gasteiger charge is -2.28. The van der Waals surface area contributed by atoms with Gasteiger partial charge in [0.1, 0.15) is 0 Å². The number of nitrogens with one attached hydrogen (secondary N) is 1. The van der Waals surface area contributed by atoms with Gasteiger partial charge in [0.05, 0.1) is 5.39 Å². The molecule has 1 unspecified atom stereocenters. The molecule has 0 saturated carbocycles. The molecule has 0 aliphatic rings. The van der Waals surface area contributed by atoms with E-state index in [2.05, 4.69) is 35.1 Å². The third-order valence-corrected chi connectivity index (χ3v) is 5.37. The van der Waals surface area contributed by atoms with Crippen LogP contribution in [0.2, 0.25) is 0 Å². The van der Waals surface area contributed by atoms with Crippen LogP contribution < -0.4 is 5.73 Å². The minimum absolute atomic E-state index is 0.00449. The SMILES string of the molecule is CCc1cc(-c2ccnc3[nH]nc(C(F)(F)F)c23)cc(C(C)(CC)CN)c1. The summed E-state index contributed by atoms with van der Waals surface area (Å²) < 4.78 is 40.3. The van der Waals surface area contributed by atoms with Gasteiger partial charge in [-0.05, 0) is 41.2 Å². The molecular weight excluding hydrogens is 353 g/mol. The summed E-state index contributed by atoms with van der Waals surface area (Å²) in [4.78, 5) is 4.01. The van der Waals surface area contributed by atoms with E-state index in [1.807, 2.05) is 19.1 Å². The van der Waals surface area contributed by atoms with E-state index in [0.29, 0.717) is 12.1 Å². The zero-order valence-corrected chi connectivity index (χ0v) is 15.6. The fourth-order valence-electron chi connectivity index (χ4n) is 3.26. The standard InChI is InChI=1S/C20H23F3N4/c1-4-12-8-13(10-14(9-12)19(3,5-2)11-24)15-6-7-25-18-16(15)17(26-27-18)20(21,22)23/h6-10H,4-5,11,24H2,1-3H3,(H,25,26,27). The molecule has 0 bridgehead atoms. The quantitative estimate of drug-likeness (QED) is 0.670. The predicted molar refractivity (Wildman–Crippen MR) is 100 cm³/mol. The number of hydrogen-bond acceptors (Lipinski definition) is 3. The Kier molecular flexibility index (Phi) is 4.99. The van der Waals surface area contributed by atoms with Crippen LogP contribution in [0.1, 0.15) is 44.0 Å². The Morgan fingerprint density at radius 3 is 2.48 bits per heavy atom. The summed E-state index contributed by atoms with van der Waals surface area (Å²) in [6, 6.07) is 7.57. The highest BCUT2D eigenvalue weighted by Crippen LogP contribution is 2.39. The molecule has 1 atom stereocenters. The molecule has 0 fully saturated rings. The van der Waals surface area contributed by atoms with Crippen molar-refractivity contribution in [1.29, 1.82) is 0 Å². The highest BCUT2D eigenvalue weighted by Gasteiger charge is 2.37. The third-order valence-electron chi connectivity index (χ3n) is 5.37. The van der Waals surface area contributed by atoms with E-state index in [9.17, 15) is 13.2 Å². The number of hydrogen-bond donors (Lipinski definition) is 2. The van der Waals surface area contributed by atoms with Crippen molar-refractivity contribution in [3.63, 3.8) is 0 Å². The van der Waals surface area contributed by atoms with Crippen LogP contribution in [0.3, 0.4) is 0 Å². The highest BCUT2D eigenvalue weighted by atomic mass is 19.4. The average Bonchev–Trinajstić information content (AvgIpc) is 3.11. The van der Waals surface area contributed by atoms with Gasteiger partial charge in [0.2, 0.25) is 0 Å². The molecule has 7 heteroatoms. The molecule has 4 nitrogen and oxygen atoms in total. The van der Waals surface area contributed by atoms with Gasteiger partial charge < -0.3 is 5.73 Å². The number of aryl methyl sites for hydroxylation is 1. The van der Waals surface area contributed by atoms with E-state index in [1.54, 1.807) is 6.07 Å². The lowest BCUT2D eigenvalue weighted by atomic mass is 9.78. The second kappa shape index (κ2) is 6.96. The largest absolute Gasteiger partial charge is 0.435 e. The molecule has 3 aromatic rings. The number of aromatic amines is 1. The van der Waals surface area contributed by atoms with E-state index in [0.717, 1.165) is 29.5 Å². The average molecular weight is 376 g/mol. The topological polar surface area (TPSA) is 67.6 Å². The van der Waals surface area contributed by atoms with Crippen LogP contribution in [0.4, 0.5) is 13.2 Å². The molecule has 0 aliphatic carbocycles. The second-order valence-corrected chi connectivity index (χ2v) is 7.04. The molecule has 144 valence electrons. The fraction of sp³-hybridized carbons (Fsp3) is 0.400. The van der Waals surface area contributed by atoms with Gasteiger partial charge in [0.25, 0.3) is 0 Å². The summed E-state index contributed by atoms with van der Waals surface area (Å²) in [5, 5.41) is 5.86. The zero-order chi connectivity index (χ0) is 19.8. The monoisotopic (exact) mass is 376 g/mol. The Morgan fingerprint density at radius 1 is 1.15 bits per heavy atom. The Balaban J connectivity index is 2.30. The molecule has 3 rings (SSSR count). The summed E-state index contributed by atoms with van der Waals surface area (Å²) >= 11 is 0. The fourth-order valence-corrected chi connectivity index (χ4v) is 3.26. The molecule has 2 heterocycles. The van der Waals surface area contributed by atoms with Gasteiger partial charge in [0.15, 0.2) is 11.3 Å². The summed E-state index contributed by atoms with van der Waals surface area (Å²) in [7, 11) is 0. The van der Waals surface area contributed by atoms with E-state index < -0.39 is 11.9 Å². The Hall–Kier alpha value is -2.41. The van der Waals surface area contributed by atoms with E-state index >= 15 is 0 Å². The molecular formula is C20H23F3N4. The first-order chi connectivity index (χ1) is 12.7. The Labute approximate surface area is 156 Å². The van der Waals surface area contributed by atoms with E-state index in [1.165, 1.54) is 6.20 Å². The minimum atomic E-state index is -4.56. The van der Waals surface area contributed by atoms with Gasteiger partial charge in [-0.3, -0.25) is 5.10 Å². The molecule has 0 spiro atoms. The molecule has 1 aromatic carbocycles. The number of H-pyrrole nitrogens is 1. The number of fused-ring (bicyclic) bond motifs is 1. The van der Waals surface area contributed by atoms with Gasteiger partial charge >= 0.3 is 6.18 Å². The number of pyridine rings is 1. The lowest BCUT2D eigenvalue weighted by Crippen LogP contribution is -2.31. The van der Waals surface area contributed by atoms with Gasteiger partial charge in [-0.25, -0.2) is 4.98 Å². The van der Waals surface area contributed by atoms with Gasteiger partial charge in [-0.2, -0.15) is 18.3 Å². The maximum atomic E-state index is 13.4. The number of halogens is 3. The van der Waals surface area contributed by atoms with Gasteiger partial charge in [0, 0.05) is 18.2 Å². The van der Waals surface area contributed by atoms with Crippen LogP contribution >= 0.6 is 0 Å². The van der Waals surface area contributed by atoms with Crippen LogP contribution in [-0.4, -0.2) is 21.7 Å². The number of nitrogens with two attached hydrogens (primary N) is 1. The molecule has 27 heavy (non-hydrogen) atoms. The van der Waals surface area contributed by atoms with Crippen molar-refractivity contribution in [1.82, 2.24) is 15.2 Å². The maximum Gasteiger partial charge on any atom is 0.435 e. The van der Waals surface area contributed by atoms with Crippen molar-refractivity contribution >= 4 is 11.0 Å². The number of rotatable bonds is 5. The highest BCUT2D eigenvalue weighted by molar-refractivity contribution is 5.95. The van der Waals surface area contributed by atoms with Crippen molar-refractivity contribution < 1.29 is 13.2 Å². The first-order valence-electron chi connectivity index (χ1n) is 8.98. The zero-order valence-electron chi connectivity index (χ0n) is 15.6. The van der Waals surface area contributed by atoms with Crippen LogP contribution in [-0.2, 0) is 18.0 Å². The van der Waals surface area contributed by atoms with E-state index in [4.69, 9.17) is 5.73 Å². The molecule has 0 aliphatic heterocycles. The van der Waals surface area contributed by atoms with Crippen LogP contribution in [0.25, 0.3) is 22.2 Å². The van der Waals surface area contributed by atoms with Crippen LogP contribution in [0.15, 0.2) is 30.5 Å². The van der Waals surface area contributed by atoms with E-state index in [-0.39, 0.29) is 16.4 Å². The predicted octanol–water partition coefficient (Wildman–Crippen LogP) is 4.83. The number of nitrogens with zero attached hydrogens (tertiary/aromatic N) is 2. The summed E-state index contributed by atoms with van der Waals surface area (Å²) in [6.45, 7) is 6.62. The van der Waals surface area contributed by atoms with Crippen LogP contribution in [0, 0.1) is 0 Å². The second-order valence-electron chi connectivity index (χ2n) is 7.04. The minimum Gasteiger partial charge on any atom is -0.330 e. The number of alkyl halides is 3. The summed E-state index contributed by atoms with van der Waals surface area (Å²) in [5.74, 6) is 0. The Morgan fingerprint density at radius 2 is 1.89 bits per heavy atom. The summed E-state index contributed by atoms with van der Waals surface area (Å²) in [5.41, 5.74) is 8.22. The first kappa shape index (κ1) is 19.4. The Bertz CT molecular complexity index is 956. The summed E-state index contributed by atoms with van der Waals surface area (Å²) in [6.07, 6.45) is -1.45. The van der Waals surface area contributed by atoms with Gasteiger partial charge in [-0.1, -0.05) is 39.0 Å². The van der Waals surface area contributed by atoms with Crippen LogP contribution in [0.5, 0.6) is 0 Å². The molecule has 2 aromatic heterocycles. The smallest absolute Gasteiger partial charge is 0.330 e. The number of benzene rings is 1. The molecule has 3 N–H and O–H groups in total. The van der Waals surface area contributed by atoms with Gasteiger partial charge in [-0.15, -0.1) is 0 Å².